The van der Waals surface area contributed by atoms with E-state index in [4.69, 9.17) is 4.74 Å². The molecule has 2 aromatic carbocycles. The molecule has 0 aliphatic rings. The summed E-state index contributed by atoms with van der Waals surface area (Å²) < 4.78 is 5.39. The van der Waals surface area contributed by atoms with Gasteiger partial charge in [-0.3, -0.25) is 10.1 Å². The summed E-state index contributed by atoms with van der Waals surface area (Å²) in [5.74, 6) is 0.616. The fraction of sp³-hybridized carbons (Fsp3) is 0.0500. The lowest BCUT2D eigenvalue weighted by Gasteiger charge is -2.13. The average molecular weight is 341 g/mol. The van der Waals surface area contributed by atoms with Crippen LogP contribution in [0.25, 0.3) is 22.2 Å². The van der Waals surface area contributed by atoms with Gasteiger partial charge in [0.1, 0.15) is 17.5 Å². The van der Waals surface area contributed by atoms with Crippen molar-refractivity contribution >= 4 is 22.3 Å². The zero-order valence-electron chi connectivity index (χ0n) is 14.0. The van der Waals surface area contributed by atoms with Crippen LogP contribution in [0.1, 0.15) is 5.56 Å². The van der Waals surface area contributed by atoms with Crippen molar-refractivity contribution in [3.8, 4) is 23.1 Å². The number of nitrogens with zero attached hydrogens (tertiary/aromatic N) is 3. The molecule has 0 bridgehead atoms. The zero-order chi connectivity index (χ0) is 17.9. The molecule has 2 N–H and O–H groups in total. The summed E-state index contributed by atoms with van der Waals surface area (Å²) in [6.45, 7) is 0. The fourth-order valence-corrected chi connectivity index (χ4v) is 2.89. The lowest BCUT2D eigenvalue weighted by atomic mass is 10.1. The summed E-state index contributed by atoms with van der Waals surface area (Å²) in [4.78, 5) is 4.05. The predicted octanol–water partition coefficient (Wildman–Crippen LogP) is 4.25. The van der Waals surface area contributed by atoms with Gasteiger partial charge < -0.3 is 10.1 Å². The van der Waals surface area contributed by atoms with Crippen molar-refractivity contribution in [2.45, 2.75) is 0 Å². The zero-order valence-corrected chi connectivity index (χ0v) is 14.0. The van der Waals surface area contributed by atoms with Gasteiger partial charge in [0, 0.05) is 29.0 Å². The summed E-state index contributed by atoms with van der Waals surface area (Å²) >= 11 is 0. The Labute approximate surface area is 150 Å². The van der Waals surface area contributed by atoms with Crippen LogP contribution < -0.4 is 10.1 Å². The molecule has 0 spiro atoms. The summed E-state index contributed by atoms with van der Waals surface area (Å²) in [6, 6.07) is 17.3. The molecular weight excluding hydrogens is 326 g/mol. The van der Waals surface area contributed by atoms with Crippen LogP contribution in [-0.4, -0.2) is 22.3 Å². The number of H-pyrrole nitrogens is 1. The van der Waals surface area contributed by atoms with Crippen molar-refractivity contribution in [3.63, 3.8) is 0 Å². The van der Waals surface area contributed by atoms with Crippen molar-refractivity contribution < 1.29 is 4.74 Å². The number of nitriles is 1. The van der Waals surface area contributed by atoms with Crippen LogP contribution in [0.15, 0.2) is 60.9 Å². The van der Waals surface area contributed by atoms with Crippen molar-refractivity contribution in [2.75, 3.05) is 12.4 Å². The number of hydrogen-bond acceptors (Lipinski definition) is 5. The number of methoxy groups -OCH3 is 1. The number of aromatic amines is 1. The maximum atomic E-state index is 9.38. The lowest BCUT2D eigenvalue weighted by molar-refractivity contribution is 0.416. The molecule has 0 saturated heterocycles. The van der Waals surface area contributed by atoms with Crippen LogP contribution >= 0.6 is 0 Å². The van der Waals surface area contributed by atoms with E-state index in [0.29, 0.717) is 17.0 Å². The molecule has 0 fully saturated rings. The summed E-state index contributed by atoms with van der Waals surface area (Å²) in [5.41, 5.74) is 4.78. The van der Waals surface area contributed by atoms with Gasteiger partial charge in [-0.15, -0.1) is 0 Å². The predicted molar refractivity (Wildman–Crippen MR) is 100 cm³/mol. The third-order valence-electron chi connectivity index (χ3n) is 4.15. The van der Waals surface area contributed by atoms with Gasteiger partial charge in [0.2, 0.25) is 0 Å². The number of benzene rings is 2. The van der Waals surface area contributed by atoms with Gasteiger partial charge in [0.25, 0.3) is 0 Å². The van der Waals surface area contributed by atoms with Crippen LogP contribution in [0.5, 0.6) is 5.75 Å². The smallest absolute Gasteiger partial charge is 0.143 e. The molecule has 2 heterocycles. The largest absolute Gasteiger partial charge is 0.495 e. The molecule has 0 unspecified atom stereocenters. The highest BCUT2D eigenvalue weighted by Gasteiger charge is 2.12. The normalized spacial score (nSPS) is 10.5. The van der Waals surface area contributed by atoms with E-state index >= 15 is 0 Å². The molecule has 0 aliphatic heterocycles. The Bertz CT molecular complexity index is 1110. The Morgan fingerprint density at radius 3 is 2.73 bits per heavy atom. The molecule has 4 aromatic rings. The minimum absolute atomic E-state index is 0.519. The van der Waals surface area contributed by atoms with Crippen molar-refractivity contribution in [1.82, 2.24) is 15.2 Å². The monoisotopic (exact) mass is 341 g/mol. The Morgan fingerprint density at radius 1 is 1.12 bits per heavy atom. The first-order chi connectivity index (χ1) is 12.8. The number of nitrogens with one attached hydrogen (secondary N) is 2. The second-order valence-electron chi connectivity index (χ2n) is 5.69. The van der Waals surface area contributed by atoms with Crippen LogP contribution in [0.3, 0.4) is 0 Å². The Hall–Kier alpha value is -3.85. The van der Waals surface area contributed by atoms with Gasteiger partial charge in [-0.2, -0.15) is 10.4 Å². The molecule has 26 heavy (non-hydrogen) atoms. The standard InChI is InChI=1S/C20H15N5O/c1-26-18-4-2-3-14(12-21)20(18)23-15-5-6-17-16(11-15)19(25-24-17)13-7-9-22-10-8-13/h2-11,23H,1H3,(H,24,25). The first kappa shape index (κ1) is 15.7. The second-order valence-corrected chi connectivity index (χ2v) is 5.69. The van der Waals surface area contributed by atoms with Gasteiger partial charge in [-0.1, -0.05) is 6.07 Å². The summed E-state index contributed by atoms with van der Waals surface area (Å²) in [5, 5.41) is 21.1. The Morgan fingerprint density at radius 2 is 1.96 bits per heavy atom. The molecule has 0 saturated carbocycles. The third-order valence-corrected chi connectivity index (χ3v) is 4.15. The molecule has 0 aliphatic carbocycles. The fourth-order valence-electron chi connectivity index (χ4n) is 2.89. The van der Waals surface area contributed by atoms with E-state index < -0.39 is 0 Å². The minimum atomic E-state index is 0.519. The molecular formula is C20H15N5O. The van der Waals surface area contributed by atoms with Gasteiger partial charge >= 0.3 is 0 Å². The van der Waals surface area contributed by atoms with Crippen LogP contribution in [0.2, 0.25) is 0 Å². The first-order valence-electron chi connectivity index (χ1n) is 8.03. The molecule has 0 amide bonds. The molecule has 6 heteroatoms. The van der Waals surface area contributed by atoms with E-state index in [1.807, 2.05) is 36.4 Å². The number of ether oxygens (including phenoxy) is 1. The van der Waals surface area contributed by atoms with Gasteiger partial charge in [0.15, 0.2) is 0 Å². The number of fused-ring (bicyclic) bond motifs is 1. The highest BCUT2D eigenvalue weighted by atomic mass is 16.5. The molecule has 0 atom stereocenters. The molecule has 4 rings (SSSR count). The number of para-hydroxylation sites is 1. The SMILES string of the molecule is COc1cccc(C#N)c1Nc1ccc2[nH]nc(-c3ccncc3)c2c1. The number of rotatable bonds is 4. The highest BCUT2D eigenvalue weighted by molar-refractivity contribution is 5.95. The van der Waals surface area contributed by atoms with Crippen molar-refractivity contribution in [2.24, 2.45) is 0 Å². The maximum absolute atomic E-state index is 9.38. The molecule has 6 nitrogen and oxygen atoms in total. The van der Waals surface area contributed by atoms with Crippen LogP contribution in [0, 0.1) is 11.3 Å². The Kier molecular flexibility index (Phi) is 3.96. The lowest BCUT2D eigenvalue weighted by Crippen LogP contribution is -1.97. The third kappa shape index (κ3) is 2.72. The number of hydrogen-bond donors (Lipinski definition) is 2. The minimum Gasteiger partial charge on any atom is -0.495 e. The number of pyridine rings is 1. The van der Waals surface area contributed by atoms with E-state index in [-0.39, 0.29) is 0 Å². The Balaban J connectivity index is 1.79. The van der Waals surface area contributed by atoms with E-state index in [1.54, 1.807) is 31.6 Å². The highest BCUT2D eigenvalue weighted by Crippen LogP contribution is 2.33. The van der Waals surface area contributed by atoms with E-state index in [2.05, 4.69) is 26.6 Å². The van der Waals surface area contributed by atoms with E-state index in [1.165, 1.54) is 0 Å². The van der Waals surface area contributed by atoms with Crippen LogP contribution in [-0.2, 0) is 0 Å². The molecule has 126 valence electrons. The quantitative estimate of drug-likeness (QED) is 0.579. The number of anilines is 2. The van der Waals surface area contributed by atoms with Gasteiger partial charge in [-0.05, 0) is 42.5 Å². The van der Waals surface area contributed by atoms with Crippen molar-refractivity contribution in [1.29, 1.82) is 5.26 Å². The van der Waals surface area contributed by atoms with E-state index in [0.717, 1.165) is 27.8 Å². The van der Waals surface area contributed by atoms with Crippen LogP contribution in [0.4, 0.5) is 11.4 Å². The summed E-state index contributed by atoms with van der Waals surface area (Å²) in [6.07, 6.45) is 3.48. The second kappa shape index (κ2) is 6.57. The van der Waals surface area contributed by atoms with E-state index in [9.17, 15) is 5.26 Å². The maximum Gasteiger partial charge on any atom is 0.143 e. The first-order valence-corrected chi connectivity index (χ1v) is 8.03. The molecule has 2 aromatic heterocycles. The molecule has 0 radical (unpaired) electrons. The van der Waals surface area contributed by atoms with Crippen molar-refractivity contribution in [3.05, 3.63) is 66.5 Å². The number of aromatic nitrogens is 3. The van der Waals surface area contributed by atoms with Gasteiger partial charge in [-0.25, -0.2) is 0 Å². The van der Waals surface area contributed by atoms with Gasteiger partial charge in [0.05, 0.1) is 23.9 Å². The topological polar surface area (TPSA) is 86.6 Å². The summed E-state index contributed by atoms with van der Waals surface area (Å²) in [7, 11) is 1.59. The average Bonchev–Trinajstić information content (AvgIpc) is 3.12.